The number of anilines is 3. The van der Waals surface area contributed by atoms with Gasteiger partial charge in [0, 0.05) is 42.7 Å². The number of imidazole rings is 1. The van der Waals surface area contributed by atoms with Crippen molar-refractivity contribution in [1.82, 2.24) is 29.4 Å². The molecule has 0 bridgehead atoms. The van der Waals surface area contributed by atoms with E-state index in [4.69, 9.17) is 9.72 Å². The predicted octanol–water partition coefficient (Wildman–Crippen LogP) is 6.70. The molecule has 0 unspecified atom stereocenters. The second-order valence-corrected chi connectivity index (χ2v) is 10.8. The maximum atomic E-state index is 13.2. The van der Waals surface area contributed by atoms with Crippen molar-refractivity contribution >= 4 is 45.3 Å². The lowest BCUT2D eigenvalue weighted by Crippen LogP contribution is -2.42. The van der Waals surface area contributed by atoms with Crippen LogP contribution < -0.4 is 15.0 Å². The molecule has 7 rings (SSSR count). The van der Waals surface area contributed by atoms with Gasteiger partial charge in [0.2, 0.25) is 5.91 Å². The number of hydrogen-bond acceptors (Lipinski definition) is 8. The number of carbonyl (C=O) groups excluding carboxylic acids is 1. The number of benzene rings is 2. The van der Waals surface area contributed by atoms with Gasteiger partial charge < -0.3 is 19.9 Å². The molecule has 222 valence electrons. The number of halogens is 2. The van der Waals surface area contributed by atoms with Crippen molar-refractivity contribution in [2.75, 3.05) is 23.3 Å². The van der Waals surface area contributed by atoms with E-state index in [0.29, 0.717) is 58.4 Å². The fourth-order valence-electron chi connectivity index (χ4n) is 5.38. The Kier molecular flexibility index (Phi) is 6.88. The van der Waals surface area contributed by atoms with Gasteiger partial charge in [-0.1, -0.05) is 6.58 Å². The molecule has 1 N–H and O–H groups in total. The summed E-state index contributed by atoms with van der Waals surface area (Å²) < 4.78 is 33.2. The third-order valence-corrected chi connectivity index (χ3v) is 7.78. The fourth-order valence-corrected chi connectivity index (χ4v) is 5.38. The molecular weight excluding hydrogens is 566 g/mol. The highest BCUT2D eigenvalue weighted by Crippen LogP contribution is 2.40. The first-order chi connectivity index (χ1) is 21.4. The Morgan fingerprint density at radius 2 is 1.93 bits per heavy atom. The summed E-state index contributed by atoms with van der Waals surface area (Å²) in [6, 6.07) is 14.3. The number of nitrogens with one attached hydrogen (secondary N) is 1. The quantitative estimate of drug-likeness (QED) is 0.198. The Bertz CT molecular complexity index is 1950. The minimum atomic E-state index is -2.66. The molecule has 12 heteroatoms. The van der Waals surface area contributed by atoms with Crippen molar-refractivity contribution in [1.29, 1.82) is 0 Å². The Hall–Kier alpha value is -5.39. The number of fused-ring (bicyclic) bond motifs is 2. The topological polar surface area (TPSA) is 101 Å². The molecule has 0 spiro atoms. The number of ether oxygens (including phenoxy) is 1. The molecule has 1 fully saturated rings. The Balaban J connectivity index is 1.12. The number of nitrogens with zero attached hydrogens (tertiary/aromatic N) is 7. The van der Waals surface area contributed by atoms with E-state index in [-0.39, 0.29) is 5.91 Å². The van der Waals surface area contributed by atoms with Crippen molar-refractivity contribution in [3.63, 3.8) is 0 Å². The van der Waals surface area contributed by atoms with Crippen LogP contribution in [0.4, 0.5) is 26.1 Å². The molecule has 5 aromatic rings. The number of aryl methyl sites for hydroxylation is 1. The van der Waals surface area contributed by atoms with E-state index in [1.54, 1.807) is 18.2 Å². The third kappa shape index (κ3) is 5.19. The zero-order chi connectivity index (χ0) is 30.4. The van der Waals surface area contributed by atoms with Crippen molar-refractivity contribution in [2.24, 2.45) is 5.92 Å². The van der Waals surface area contributed by atoms with Gasteiger partial charge in [-0.15, -0.1) is 0 Å². The number of carbonyl (C=O) groups is 1. The number of amides is 1. The van der Waals surface area contributed by atoms with E-state index >= 15 is 0 Å². The minimum Gasteiger partial charge on any atom is -0.457 e. The molecule has 3 aromatic heterocycles. The Morgan fingerprint density at radius 3 is 2.70 bits per heavy atom. The van der Waals surface area contributed by atoms with Gasteiger partial charge in [-0.2, -0.15) is 8.78 Å². The molecular formula is C32H28F2N8O2. The Morgan fingerprint density at radius 1 is 1.07 bits per heavy atom. The van der Waals surface area contributed by atoms with Crippen LogP contribution in [0.5, 0.6) is 11.5 Å². The van der Waals surface area contributed by atoms with Gasteiger partial charge in [0.15, 0.2) is 5.82 Å². The molecule has 0 radical (unpaired) electrons. The largest absolute Gasteiger partial charge is 0.457 e. The smallest absolute Gasteiger partial charge is 0.320 e. The number of rotatable bonds is 8. The normalized spacial score (nSPS) is 15.1. The number of pyridine rings is 1. The van der Waals surface area contributed by atoms with Gasteiger partial charge >= 0.3 is 6.55 Å². The van der Waals surface area contributed by atoms with Gasteiger partial charge in [-0.05, 0) is 73.9 Å². The van der Waals surface area contributed by atoms with E-state index in [2.05, 4.69) is 31.7 Å². The SMILES string of the molecule is C=CC(=O)N1CCN(c2ccc3ncnc(Nc4ccc(Oc5ccc6c(c5)ncn6C(F)F)c(C)c4)c3n2)C=C1C1CC1. The molecule has 10 nitrogen and oxygen atoms in total. The molecule has 1 saturated carbocycles. The lowest BCUT2D eigenvalue weighted by Gasteiger charge is -2.34. The minimum absolute atomic E-state index is 0.0801. The van der Waals surface area contributed by atoms with Crippen LogP contribution in [-0.4, -0.2) is 48.4 Å². The number of hydrogen-bond donors (Lipinski definition) is 1. The van der Waals surface area contributed by atoms with E-state index < -0.39 is 6.55 Å². The van der Waals surface area contributed by atoms with E-state index in [1.165, 1.54) is 12.4 Å². The molecule has 1 aliphatic heterocycles. The summed E-state index contributed by atoms with van der Waals surface area (Å²) in [7, 11) is 0. The van der Waals surface area contributed by atoms with Crippen LogP contribution in [0.1, 0.15) is 25.0 Å². The van der Waals surface area contributed by atoms with Crippen LogP contribution in [0.3, 0.4) is 0 Å². The first-order valence-corrected chi connectivity index (χ1v) is 14.2. The summed E-state index contributed by atoms with van der Waals surface area (Å²) in [5.74, 6) is 2.70. The lowest BCUT2D eigenvalue weighted by atomic mass is 10.2. The van der Waals surface area contributed by atoms with Gasteiger partial charge in [0.1, 0.15) is 35.5 Å². The molecule has 1 amide bonds. The maximum absolute atomic E-state index is 13.2. The van der Waals surface area contributed by atoms with Crippen molar-refractivity contribution in [3.8, 4) is 11.5 Å². The van der Waals surface area contributed by atoms with Gasteiger partial charge in [-0.25, -0.2) is 19.9 Å². The summed E-state index contributed by atoms with van der Waals surface area (Å²) in [6.07, 6.45) is 8.14. The molecule has 0 saturated heterocycles. The van der Waals surface area contributed by atoms with Crippen LogP contribution in [-0.2, 0) is 4.79 Å². The molecule has 2 aliphatic rings. The summed E-state index contributed by atoms with van der Waals surface area (Å²) in [5.41, 5.74) is 4.70. The first-order valence-electron chi connectivity index (χ1n) is 14.2. The summed E-state index contributed by atoms with van der Waals surface area (Å²) in [5, 5.41) is 3.36. The first kappa shape index (κ1) is 27.4. The fraction of sp³-hybridized carbons (Fsp3) is 0.219. The van der Waals surface area contributed by atoms with Crippen LogP contribution in [0.15, 0.2) is 85.7 Å². The highest BCUT2D eigenvalue weighted by molar-refractivity contribution is 5.90. The van der Waals surface area contributed by atoms with Gasteiger partial charge in [-0.3, -0.25) is 9.36 Å². The standard InChI is InChI=1S/C32H28F2N8O2/c1-3-29(43)41-13-12-40(16-26(41)20-4-5-20)28-11-8-23-30(39-28)31(36-17-35-23)38-21-6-10-27(19(2)14-21)44-22-7-9-25-24(15-22)37-18-42(25)32(33)34/h3,6-11,14-18,20,32H,1,4-5,12-13H2,2H3,(H,35,36,38). The van der Waals surface area contributed by atoms with Crippen molar-refractivity contribution in [3.05, 3.63) is 91.3 Å². The van der Waals surface area contributed by atoms with Crippen LogP contribution in [0.25, 0.3) is 22.1 Å². The lowest BCUT2D eigenvalue weighted by molar-refractivity contribution is -0.124. The van der Waals surface area contributed by atoms with Crippen LogP contribution in [0.2, 0.25) is 0 Å². The second-order valence-electron chi connectivity index (χ2n) is 10.8. The van der Waals surface area contributed by atoms with Crippen LogP contribution in [0, 0.1) is 12.8 Å². The number of aromatic nitrogens is 5. The van der Waals surface area contributed by atoms with Gasteiger partial charge in [0.05, 0.1) is 16.6 Å². The highest BCUT2D eigenvalue weighted by atomic mass is 19.3. The zero-order valence-electron chi connectivity index (χ0n) is 23.8. The third-order valence-electron chi connectivity index (χ3n) is 7.78. The number of allylic oxidation sites excluding steroid dienone is 1. The van der Waals surface area contributed by atoms with E-state index in [0.717, 1.165) is 46.5 Å². The highest BCUT2D eigenvalue weighted by Gasteiger charge is 2.34. The predicted molar refractivity (Wildman–Crippen MR) is 163 cm³/mol. The van der Waals surface area contributed by atoms with Crippen molar-refractivity contribution in [2.45, 2.75) is 26.3 Å². The molecule has 4 heterocycles. The second kappa shape index (κ2) is 11.0. The maximum Gasteiger partial charge on any atom is 0.320 e. The molecule has 44 heavy (non-hydrogen) atoms. The number of alkyl halides is 2. The summed E-state index contributed by atoms with van der Waals surface area (Å²) in [6.45, 7) is 4.07. The molecule has 1 aliphatic carbocycles. The molecule has 0 atom stereocenters. The average molecular weight is 595 g/mol. The zero-order valence-corrected chi connectivity index (χ0v) is 23.8. The monoisotopic (exact) mass is 594 g/mol. The van der Waals surface area contributed by atoms with Crippen molar-refractivity contribution < 1.29 is 18.3 Å². The van der Waals surface area contributed by atoms with E-state index in [1.807, 2.05) is 48.4 Å². The van der Waals surface area contributed by atoms with Gasteiger partial charge in [0.25, 0.3) is 0 Å². The van der Waals surface area contributed by atoms with Crippen LogP contribution >= 0.6 is 0 Å². The van der Waals surface area contributed by atoms with E-state index in [9.17, 15) is 13.6 Å². The summed E-state index contributed by atoms with van der Waals surface area (Å²) in [4.78, 5) is 34.2. The average Bonchev–Trinajstić information content (AvgIpc) is 3.80. The Labute approximate surface area is 251 Å². The summed E-state index contributed by atoms with van der Waals surface area (Å²) >= 11 is 0. The molecule has 2 aromatic carbocycles.